The van der Waals surface area contributed by atoms with E-state index >= 15 is 4.39 Å². The molecule has 1 fully saturated rings. The van der Waals surface area contributed by atoms with Gasteiger partial charge in [0.15, 0.2) is 11.7 Å². The van der Waals surface area contributed by atoms with E-state index < -0.39 is 140 Å². The molecule has 41 nitrogen and oxygen atoms in total. The minimum Gasteiger partial charge on any atom is -0.479 e. The number of para-hydroxylation sites is 1. The van der Waals surface area contributed by atoms with Crippen LogP contribution in [0, 0.1) is 12.7 Å². The zero-order valence-electron chi connectivity index (χ0n) is 76.3. The number of amides is 6. The lowest BCUT2D eigenvalue weighted by atomic mass is 9.81. The maximum absolute atomic E-state index is 15.8. The summed E-state index contributed by atoms with van der Waals surface area (Å²) in [7, 11) is 1.62. The summed E-state index contributed by atoms with van der Waals surface area (Å²) in [4.78, 5) is 130. The molecule has 1 aliphatic carbocycles. The van der Waals surface area contributed by atoms with Gasteiger partial charge in [0.05, 0.1) is 205 Å². The van der Waals surface area contributed by atoms with Gasteiger partial charge in [0, 0.05) is 97.7 Å². The first-order valence-corrected chi connectivity index (χ1v) is 45.2. The smallest absolute Gasteiger partial charge is 0.407 e. The van der Waals surface area contributed by atoms with Gasteiger partial charge in [0.25, 0.3) is 5.56 Å². The van der Waals surface area contributed by atoms with E-state index in [9.17, 15) is 68.7 Å². The molecule has 135 heavy (non-hydrogen) atoms. The maximum Gasteiger partial charge on any atom is 0.407 e. The van der Waals surface area contributed by atoms with Gasteiger partial charge in [-0.3, -0.25) is 28.8 Å². The van der Waals surface area contributed by atoms with Crippen LogP contribution < -0.4 is 41.8 Å². The van der Waals surface area contributed by atoms with Gasteiger partial charge in [0.1, 0.15) is 54.8 Å². The number of aromatic nitrogens is 5. The lowest BCUT2D eigenvalue weighted by Crippen LogP contribution is -2.61. The summed E-state index contributed by atoms with van der Waals surface area (Å²) < 4.78 is 107. The molecule has 4 aliphatic heterocycles. The number of aryl methyl sites for hydroxylation is 1. The molecule has 8 atom stereocenters. The Bertz CT molecular complexity index is 5270. The number of carboxylic acid groups (broad SMARTS) is 1. The van der Waals surface area contributed by atoms with E-state index in [0.29, 0.717) is 176 Å². The number of nitrogens with one attached hydrogen (secondary N) is 5. The summed E-state index contributed by atoms with van der Waals surface area (Å²) >= 11 is 0. The van der Waals surface area contributed by atoms with Crippen LogP contribution in [0.1, 0.15) is 121 Å². The van der Waals surface area contributed by atoms with Crippen LogP contribution in [-0.4, -0.2) is 307 Å². The minimum absolute atomic E-state index is 0.0388. The van der Waals surface area contributed by atoms with Crippen molar-refractivity contribution >= 4 is 64.2 Å². The molecule has 0 radical (unpaired) electrons. The third kappa shape index (κ3) is 27.3. The molecule has 6 amide bonds. The largest absolute Gasteiger partial charge is 0.479 e. The van der Waals surface area contributed by atoms with E-state index in [0.717, 1.165) is 11.1 Å². The van der Waals surface area contributed by atoms with Gasteiger partial charge in [-0.05, 0) is 92.1 Å². The second-order valence-corrected chi connectivity index (χ2v) is 32.6. The summed E-state index contributed by atoms with van der Waals surface area (Å²) in [5.74, 6) is -6.49. The molecule has 0 saturated carbocycles. The summed E-state index contributed by atoms with van der Waals surface area (Å²) in [6.07, 6.45) is -11.9. The van der Waals surface area contributed by atoms with Crippen molar-refractivity contribution < 1.29 is 144 Å². The Morgan fingerprint density at radius 3 is 1.84 bits per heavy atom. The highest BCUT2D eigenvalue weighted by Crippen LogP contribution is 2.47. The van der Waals surface area contributed by atoms with E-state index in [1.807, 2.05) is 50.2 Å². The summed E-state index contributed by atoms with van der Waals surface area (Å²) in [6.45, 7) is 14.0. The van der Waals surface area contributed by atoms with E-state index in [1.54, 1.807) is 42.7 Å². The number of aliphatic hydroxyl groups excluding tert-OH is 3. The fourth-order valence-electron chi connectivity index (χ4n) is 16.1. The number of aliphatic carboxylic acids is 1. The van der Waals surface area contributed by atoms with Crippen molar-refractivity contribution in [1.29, 1.82) is 0 Å². The number of methoxy groups -OCH3 is 1. The number of nitrogens with zero attached hydrogens (tertiary/aromatic N) is 6. The Balaban J connectivity index is 0.612. The second kappa shape index (κ2) is 51.2. The summed E-state index contributed by atoms with van der Waals surface area (Å²) in [5, 5.41) is 77.0. The van der Waals surface area contributed by atoms with Crippen LogP contribution in [0.3, 0.4) is 0 Å². The van der Waals surface area contributed by atoms with Gasteiger partial charge in [-0.15, -0.1) is 5.10 Å². The van der Waals surface area contributed by atoms with Crippen molar-refractivity contribution in [3.05, 3.63) is 145 Å². The Hall–Kier alpha value is -11.0. The molecule has 7 aromatic rings. The van der Waals surface area contributed by atoms with Crippen molar-refractivity contribution in [1.82, 2.24) is 51.1 Å². The highest BCUT2D eigenvalue weighted by Gasteiger charge is 2.49. The van der Waals surface area contributed by atoms with Crippen LogP contribution in [0.2, 0.25) is 0 Å². The number of pyridine rings is 2. The second-order valence-electron chi connectivity index (χ2n) is 32.6. The Morgan fingerprint density at radius 2 is 1.23 bits per heavy atom. The molecule has 10 N–H and O–H groups in total. The SMILES string of the molecule is CCC1(O)C(=O)OCc2c1cc1n(c2=O)Cc2c-1nc1cc(F)c(C)c3c1c2C(NC(=O)OCc1ccc(OC2OC(C(=O)O)C(O)C(O)C2O)c(CNC(=O)CCNC(=O)C(CNC(=O)CCOCCOCCOCCOCCOCCOCCOCCOCCOCCOCCOCCOC)NC(=O)CCC(=O)N2Cc4ccccc4-c4nnn(C(C)C)c4-c4ccccc42)c1)CC3. The number of carbonyl (C=O) groups is 8. The number of anilines is 1. The number of esters is 1. The van der Waals surface area contributed by atoms with Gasteiger partial charge < -0.3 is 137 Å². The van der Waals surface area contributed by atoms with Crippen molar-refractivity contribution in [2.45, 2.75) is 160 Å². The predicted molar refractivity (Wildman–Crippen MR) is 477 cm³/mol. The maximum atomic E-state index is 15.8. The average molecular weight is 1890 g/mol. The molecule has 7 heterocycles. The number of carboxylic acids is 1. The number of ether oxygens (including phenoxy) is 16. The highest BCUT2D eigenvalue weighted by atomic mass is 19.1. The molecule has 0 spiro atoms. The van der Waals surface area contributed by atoms with Crippen LogP contribution in [0.4, 0.5) is 14.9 Å². The number of benzene rings is 4. The average Bonchev–Trinajstić information content (AvgIpc) is 1.54. The number of halogens is 1. The molecular weight excluding hydrogens is 1770 g/mol. The number of fused-ring (bicyclic) bond motifs is 10. The molecule has 3 aromatic heterocycles. The molecule has 0 bridgehead atoms. The van der Waals surface area contributed by atoms with Gasteiger partial charge in [-0.25, -0.2) is 28.4 Å². The number of hydrogen-bond donors (Lipinski definition) is 10. The first-order chi connectivity index (χ1) is 65.4. The molecule has 12 rings (SSSR count). The van der Waals surface area contributed by atoms with E-state index in [-0.39, 0.29) is 136 Å². The quantitative estimate of drug-likeness (QED) is 0.0193. The fourth-order valence-corrected chi connectivity index (χ4v) is 16.1. The Labute approximate surface area is 777 Å². The number of alkyl carbamates (subject to hydrolysis) is 1. The van der Waals surface area contributed by atoms with Gasteiger partial charge in [-0.2, -0.15) is 0 Å². The van der Waals surface area contributed by atoms with Crippen LogP contribution >= 0.6 is 0 Å². The van der Waals surface area contributed by atoms with Crippen molar-refractivity contribution in [2.24, 2.45) is 0 Å². The standard InChI is InChI=1S/C93H120FN11O30/c1-6-93(119)66-48-72-80-64(53-104(72)88(114)65(66)55-132-91(93)117)79-68(17-16-61-57(4)67(94)49-69(99-80)78(61)79)100-92(118)133-54-58-15-18-73(134-90-85(112)83(110)84(111)86(135-90)89(115)116)60(47-58)50-96-74(106)21-23-95-87(113)70(98-76(108)19-20-77(109)103-52-59-11-7-8-12-62(59)81-82(105(56(2)3)102-101-81)63-13-9-10-14-71(63)103)51-97-75(107)22-24-121-27-28-123-31-32-125-35-36-127-39-40-129-43-44-131-46-45-130-42-41-128-38-37-126-34-33-124-30-29-122-26-25-120-5/h7-15,18,47-49,56,68,70,83-86,90,110-112,119H,6,16-17,19-46,50-55H2,1-5H3,(H,95,113)(H,96,106)(H,97,107)(H,98,108)(H,100,118)(H,115,116). The van der Waals surface area contributed by atoms with Crippen LogP contribution in [0.25, 0.3) is 44.8 Å². The fraction of sp³-hybridized carbons (Fsp3) is 0.548. The van der Waals surface area contributed by atoms with E-state index in [2.05, 4.69) is 36.9 Å². The predicted octanol–water partition coefficient (Wildman–Crippen LogP) is 3.49. The number of hydrogen-bond acceptors (Lipinski definition) is 32. The number of carbonyl (C=O) groups excluding carboxylic acids is 7. The zero-order valence-corrected chi connectivity index (χ0v) is 76.3. The Morgan fingerprint density at radius 1 is 0.637 bits per heavy atom. The van der Waals surface area contributed by atoms with E-state index in [4.69, 9.17) is 80.8 Å². The number of aliphatic hydroxyl groups is 4. The van der Waals surface area contributed by atoms with E-state index in [1.165, 1.54) is 34.9 Å². The number of cyclic esters (lactones) is 1. The van der Waals surface area contributed by atoms with Gasteiger partial charge in [0.2, 0.25) is 35.8 Å². The Kier molecular flexibility index (Phi) is 39.1. The van der Waals surface area contributed by atoms with Crippen molar-refractivity contribution in [2.75, 3.05) is 177 Å². The number of rotatable bonds is 56. The molecule has 8 unspecified atom stereocenters. The molecular formula is C93H120FN11O30. The highest BCUT2D eigenvalue weighted by molar-refractivity contribution is 6.02. The minimum atomic E-state index is -2.13. The first-order valence-electron chi connectivity index (χ1n) is 45.2. The van der Waals surface area contributed by atoms with Crippen LogP contribution in [-0.2, 0) is 149 Å². The van der Waals surface area contributed by atoms with Crippen molar-refractivity contribution in [3.63, 3.8) is 0 Å². The summed E-state index contributed by atoms with van der Waals surface area (Å²) in [6, 6.07) is 19.5. The summed E-state index contributed by atoms with van der Waals surface area (Å²) in [5.41, 5.74) is 4.91. The molecule has 734 valence electrons. The van der Waals surface area contributed by atoms with Crippen molar-refractivity contribution in [3.8, 4) is 39.7 Å². The normalized spacial score (nSPS) is 18.2. The zero-order chi connectivity index (χ0) is 95.9. The lowest BCUT2D eigenvalue weighted by molar-refractivity contribution is -0.271. The molecule has 4 aromatic carbocycles. The third-order valence-electron chi connectivity index (χ3n) is 23.2. The molecule has 5 aliphatic rings. The molecule has 1 saturated heterocycles. The monoisotopic (exact) mass is 1890 g/mol. The molecule has 42 heteroatoms. The van der Waals surface area contributed by atoms with Crippen LogP contribution in [0.15, 0.2) is 83.7 Å². The lowest BCUT2D eigenvalue weighted by Gasteiger charge is -2.38. The third-order valence-corrected chi connectivity index (χ3v) is 23.2. The van der Waals surface area contributed by atoms with Crippen LogP contribution in [0.5, 0.6) is 5.75 Å². The van der Waals surface area contributed by atoms with Gasteiger partial charge in [-0.1, -0.05) is 60.7 Å². The van der Waals surface area contributed by atoms with Gasteiger partial charge >= 0.3 is 18.0 Å². The first kappa shape index (κ1) is 103. The topological polar surface area (TPSA) is 514 Å².